The van der Waals surface area contributed by atoms with Crippen molar-refractivity contribution >= 4 is 11.4 Å². The van der Waals surface area contributed by atoms with E-state index in [1.807, 2.05) is 27.7 Å². The molecule has 1 aliphatic rings. The molecule has 2 aromatic carbocycles. The van der Waals surface area contributed by atoms with E-state index >= 15 is 0 Å². The van der Waals surface area contributed by atoms with Gasteiger partial charge in [-0.3, -0.25) is 0 Å². The average molecular weight is 561 g/mol. The summed E-state index contributed by atoms with van der Waals surface area (Å²) in [7, 11) is 0. The Hall–Kier alpha value is -2.07. The largest absolute Gasteiger partial charge is 2.00 e. The molecular weight excluding hydrogens is 511 g/mol. The second-order valence-electron chi connectivity index (χ2n) is 9.19. The van der Waals surface area contributed by atoms with Gasteiger partial charge in [0.25, 0.3) is 0 Å². The number of hydrogen-bond donors (Lipinski definition) is 0. The van der Waals surface area contributed by atoms with E-state index in [0.29, 0.717) is 0 Å². The summed E-state index contributed by atoms with van der Waals surface area (Å²) in [5.74, 6) is 0. The van der Waals surface area contributed by atoms with E-state index in [4.69, 9.17) is 0 Å². The summed E-state index contributed by atoms with van der Waals surface area (Å²) in [6, 6.07) is 17.2. The van der Waals surface area contributed by atoms with Crippen LogP contribution in [0.25, 0.3) is 27.6 Å². The fraction of sp³-hybridized carbons (Fsp3) is 0.515. The number of unbranched alkanes of at least 4 members (excludes halogenated alkanes) is 2. The number of benzene rings is 2. The van der Waals surface area contributed by atoms with Gasteiger partial charge in [-0.15, -0.1) is 0 Å². The van der Waals surface area contributed by atoms with Crippen molar-refractivity contribution in [2.75, 3.05) is 26.2 Å². The third-order valence-electron chi connectivity index (χ3n) is 6.18. The van der Waals surface area contributed by atoms with Crippen molar-refractivity contribution in [3.8, 4) is 0 Å². The second-order valence-corrected chi connectivity index (χ2v) is 9.19. The number of rotatable bonds is 12. The Kier molecular flexibility index (Phi) is 20.6. The normalized spacial score (nSPS) is 12.2. The first-order valence-corrected chi connectivity index (χ1v) is 14.3. The van der Waals surface area contributed by atoms with Gasteiger partial charge in [0, 0.05) is 22.8 Å². The molecule has 2 aromatic rings. The molecule has 1 aliphatic heterocycles. The van der Waals surface area contributed by atoms with Gasteiger partial charge in [0.15, 0.2) is 0 Å². The molecule has 0 unspecified atom stereocenters. The standard InChI is InChI=1S/C25H30N2.2C4H10N.Ni/c1-4-6-8-20-10-14-22(15-11-20)24-18-19(3)25(27(24)26)23-16-12-21(13-17-23)9-7-5-2;2*1-3-5-4-2;/h10-18H,4-9H2,1-3H3;2*3-4H2,1-2H3;/q;2*-1;+2. The Balaban J connectivity index is 0.00000107. The molecule has 0 fully saturated rings. The van der Waals surface area contributed by atoms with Crippen molar-refractivity contribution in [2.45, 2.75) is 87.0 Å². The van der Waals surface area contributed by atoms with Crippen LogP contribution in [0.3, 0.4) is 0 Å². The van der Waals surface area contributed by atoms with E-state index in [1.165, 1.54) is 41.5 Å². The molecule has 4 nitrogen and oxygen atoms in total. The van der Waals surface area contributed by atoms with Crippen LogP contribution in [0.2, 0.25) is 0 Å². The molecule has 1 heterocycles. The maximum Gasteiger partial charge on any atom is 2.00 e. The molecule has 0 saturated heterocycles. The zero-order valence-electron chi connectivity index (χ0n) is 24.9. The van der Waals surface area contributed by atoms with Gasteiger partial charge in [0.1, 0.15) is 0 Å². The molecule has 0 radical (unpaired) electrons. The van der Waals surface area contributed by atoms with Gasteiger partial charge in [0.2, 0.25) is 11.4 Å². The van der Waals surface area contributed by atoms with Crippen molar-refractivity contribution in [3.63, 3.8) is 0 Å². The first-order chi connectivity index (χ1) is 18.0. The minimum Gasteiger partial charge on any atom is -0.663 e. The Morgan fingerprint density at radius 2 is 1.03 bits per heavy atom. The maximum absolute atomic E-state index is 10.9. The number of aryl methyl sites for hydroxylation is 2. The van der Waals surface area contributed by atoms with Crippen molar-refractivity contribution in [1.29, 1.82) is 0 Å². The fourth-order valence-corrected chi connectivity index (χ4v) is 4.06. The van der Waals surface area contributed by atoms with E-state index in [1.54, 1.807) is 0 Å². The van der Waals surface area contributed by atoms with Gasteiger partial charge in [0.05, 0.1) is 0 Å². The first-order valence-electron chi connectivity index (χ1n) is 14.3. The molecule has 0 aliphatic carbocycles. The van der Waals surface area contributed by atoms with Gasteiger partial charge in [-0.05, 0) is 68.0 Å². The van der Waals surface area contributed by atoms with Crippen molar-refractivity contribution < 1.29 is 21.2 Å². The molecule has 0 saturated carbocycles. The molecule has 3 rings (SSSR count). The van der Waals surface area contributed by atoms with Crippen LogP contribution in [-0.2, 0) is 29.3 Å². The van der Waals surface area contributed by atoms with Crippen LogP contribution in [0.1, 0.15) is 96.4 Å². The Morgan fingerprint density at radius 3 is 1.37 bits per heavy atom. The molecule has 0 N–H and O–H groups in total. The quantitative estimate of drug-likeness (QED) is 0.183. The molecule has 0 atom stereocenters. The number of allylic oxidation sites excluding steroid dienone is 2. The Bertz CT molecular complexity index is 949. The number of hydrogen-bond acceptors (Lipinski definition) is 0. The molecular formula is C33H50N4Ni. The maximum atomic E-state index is 10.9. The van der Waals surface area contributed by atoms with Crippen LogP contribution < -0.4 is 0 Å². The zero-order chi connectivity index (χ0) is 27.5. The zero-order valence-corrected chi connectivity index (χ0v) is 25.9. The fourth-order valence-electron chi connectivity index (χ4n) is 4.06. The first kappa shape index (κ1) is 35.9. The SMILES string of the molecule is CCCCc1ccc(C2=CC(C)=C(c3ccc(CCCC)cc3)[N+]2=[N-])cc1.CC[N-]CC.CC[N-]CC.[Ni+2]. The third-order valence-corrected chi connectivity index (χ3v) is 6.18. The monoisotopic (exact) mass is 560 g/mol. The van der Waals surface area contributed by atoms with E-state index in [-0.39, 0.29) is 16.5 Å². The van der Waals surface area contributed by atoms with Crippen LogP contribution in [0.15, 0.2) is 60.2 Å². The third kappa shape index (κ3) is 12.7. The molecule has 0 bridgehead atoms. The van der Waals surface area contributed by atoms with Crippen molar-refractivity contribution in [1.82, 2.24) is 0 Å². The number of nitrogens with zero attached hydrogens (tertiary/aromatic N) is 4. The van der Waals surface area contributed by atoms with E-state index in [0.717, 1.165) is 67.1 Å². The van der Waals surface area contributed by atoms with Crippen LogP contribution in [0.5, 0.6) is 0 Å². The van der Waals surface area contributed by atoms with Gasteiger partial charge < -0.3 is 16.2 Å². The Morgan fingerprint density at radius 1 is 0.632 bits per heavy atom. The summed E-state index contributed by atoms with van der Waals surface area (Å²) < 4.78 is 1.34. The molecule has 0 spiro atoms. The summed E-state index contributed by atoms with van der Waals surface area (Å²) >= 11 is 0. The van der Waals surface area contributed by atoms with Gasteiger partial charge in [-0.25, -0.2) is 4.70 Å². The van der Waals surface area contributed by atoms with Crippen LogP contribution in [0.4, 0.5) is 0 Å². The van der Waals surface area contributed by atoms with Crippen molar-refractivity contribution in [2.24, 2.45) is 0 Å². The molecule has 0 amide bonds. The van der Waals surface area contributed by atoms with Crippen molar-refractivity contribution in [3.05, 3.63) is 98.6 Å². The minimum atomic E-state index is 0. The molecule has 0 aromatic heterocycles. The molecule has 38 heavy (non-hydrogen) atoms. The average Bonchev–Trinajstić information content (AvgIpc) is 3.22. The predicted molar refractivity (Wildman–Crippen MR) is 163 cm³/mol. The van der Waals surface area contributed by atoms with Crippen LogP contribution in [0, 0.1) is 0 Å². The van der Waals surface area contributed by atoms with Gasteiger partial charge >= 0.3 is 16.5 Å². The van der Waals surface area contributed by atoms with Gasteiger partial charge in [-0.2, -0.15) is 26.2 Å². The van der Waals surface area contributed by atoms with E-state index < -0.39 is 0 Å². The summed E-state index contributed by atoms with van der Waals surface area (Å²) in [6.45, 7) is 18.5. The van der Waals surface area contributed by atoms with Crippen LogP contribution in [-0.4, -0.2) is 30.9 Å². The summed E-state index contributed by atoms with van der Waals surface area (Å²) in [6.07, 6.45) is 9.15. The topological polar surface area (TPSA) is 53.5 Å². The smallest absolute Gasteiger partial charge is 0.663 e. The van der Waals surface area contributed by atoms with E-state index in [9.17, 15) is 5.53 Å². The molecule has 212 valence electrons. The minimum absolute atomic E-state index is 0. The predicted octanol–water partition coefficient (Wildman–Crippen LogP) is 9.99. The molecule has 5 heteroatoms. The summed E-state index contributed by atoms with van der Waals surface area (Å²) in [4.78, 5) is 0. The Labute approximate surface area is 243 Å². The van der Waals surface area contributed by atoms with Gasteiger partial charge in [-0.1, -0.05) is 78.6 Å². The summed E-state index contributed by atoms with van der Waals surface area (Å²) in [5, 5.41) is 7.94. The van der Waals surface area contributed by atoms with Crippen LogP contribution >= 0.6 is 0 Å². The summed E-state index contributed by atoms with van der Waals surface area (Å²) in [5.41, 5.74) is 18.5. The second kappa shape index (κ2) is 21.8. The van der Waals surface area contributed by atoms with E-state index in [2.05, 4.69) is 86.0 Å².